The fourth-order valence-corrected chi connectivity index (χ4v) is 5.07. The molecule has 1 saturated heterocycles. The van der Waals surface area contributed by atoms with Crippen LogP contribution in [0.4, 0.5) is 4.39 Å². The number of hydrogen-bond donors (Lipinski definition) is 4. The van der Waals surface area contributed by atoms with E-state index in [0.29, 0.717) is 6.42 Å². The maximum absolute atomic E-state index is 13.6. The molecule has 5 atom stereocenters. The first-order chi connectivity index (χ1) is 16.3. The van der Waals surface area contributed by atoms with Crippen LogP contribution in [0.25, 0.3) is 21.7 Å². The quantitative estimate of drug-likeness (QED) is 0.372. The van der Waals surface area contributed by atoms with Crippen LogP contribution in [0, 0.1) is 19.7 Å². The van der Waals surface area contributed by atoms with E-state index in [-0.39, 0.29) is 5.82 Å². The van der Waals surface area contributed by atoms with E-state index in [1.807, 2.05) is 50.4 Å². The summed E-state index contributed by atoms with van der Waals surface area (Å²) in [4.78, 5) is 0. The van der Waals surface area contributed by atoms with Crippen molar-refractivity contribution in [2.45, 2.75) is 50.9 Å². The molecule has 0 amide bonds. The molecule has 0 unspecified atom stereocenters. The van der Waals surface area contributed by atoms with Crippen molar-refractivity contribution in [2.24, 2.45) is 0 Å². The van der Waals surface area contributed by atoms with E-state index in [2.05, 4.69) is 0 Å². The number of halogens is 1. The molecule has 7 heteroatoms. The molecule has 6 nitrogen and oxygen atoms in total. The lowest BCUT2D eigenvalue weighted by Gasteiger charge is -2.40. The number of rotatable bonds is 4. The second-order valence-electron chi connectivity index (χ2n) is 9.21. The summed E-state index contributed by atoms with van der Waals surface area (Å²) < 4.78 is 21.2. The van der Waals surface area contributed by atoms with Gasteiger partial charge in [0, 0.05) is 11.6 Å². The Morgan fingerprint density at radius 1 is 0.882 bits per heavy atom. The minimum absolute atomic E-state index is 0.269. The maximum atomic E-state index is 13.6. The van der Waals surface area contributed by atoms with E-state index >= 15 is 0 Å². The van der Waals surface area contributed by atoms with Gasteiger partial charge in [-0.3, -0.25) is 0 Å². The molecule has 0 radical (unpaired) electrons. The zero-order valence-electron chi connectivity index (χ0n) is 19.0. The summed E-state index contributed by atoms with van der Waals surface area (Å²) >= 11 is 0. The van der Waals surface area contributed by atoms with E-state index in [4.69, 9.17) is 4.74 Å². The summed E-state index contributed by atoms with van der Waals surface area (Å²) in [6, 6.07) is 14.7. The summed E-state index contributed by atoms with van der Waals surface area (Å²) in [6.45, 7) is 3.51. The highest BCUT2D eigenvalue weighted by Crippen LogP contribution is 2.36. The van der Waals surface area contributed by atoms with Crippen molar-refractivity contribution >= 4 is 21.7 Å². The molecule has 4 aromatic rings. The molecule has 2 heterocycles. The van der Waals surface area contributed by atoms with Gasteiger partial charge in [0.1, 0.15) is 30.2 Å². The Kier molecular flexibility index (Phi) is 5.91. The van der Waals surface area contributed by atoms with Gasteiger partial charge in [0.25, 0.3) is 0 Å². The van der Waals surface area contributed by atoms with Crippen LogP contribution in [0.2, 0.25) is 0 Å². The molecular weight excluding hydrogens is 437 g/mol. The summed E-state index contributed by atoms with van der Waals surface area (Å²) in [5.41, 5.74) is 4.95. The van der Waals surface area contributed by atoms with Crippen LogP contribution >= 0.6 is 0 Å². The average molecular weight is 466 g/mol. The molecule has 1 aliphatic heterocycles. The van der Waals surface area contributed by atoms with E-state index in [1.54, 1.807) is 10.6 Å². The predicted molar refractivity (Wildman–Crippen MR) is 127 cm³/mol. The Hall–Kier alpha value is -2.81. The molecule has 1 aliphatic rings. The lowest BCUT2D eigenvalue weighted by atomic mass is 9.97. The van der Waals surface area contributed by atoms with Crippen LogP contribution < -0.4 is 0 Å². The number of aromatic nitrogens is 1. The van der Waals surface area contributed by atoms with Gasteiger partial charge in [0.05, 0.1) is 12.1 Å². The molecule has 0 saturated carbocycles. The van der Waals surface area contributed by atoms with Crippen LogP contribution in [0.1, 0.15) is 28.5 Å². The average Bonchev–Trinajstić information content (AvgIpc) is 3.20. The fourth-order valence-electron chi connectivity index (χ4n) is 5.07. The van der Waals surface area contributed by atoms with Crippen LogP contribution in [0.3, 0.4) is 0 Å². The molecule has 3 aromatic carbocycles. The molecular formula is C27H28FNO5. The molecule has 1 fully saturated rings. The molecule has 0 aliphatic carbocycles. The van der Waals surface area contributed by atoms with Crippen molar-refractivity contribution in [3.63, 3.8) is 0 Å². The molecule has 4 N–H and O–H groups in total. The highest BCUT2D eigenvalue weighted by molar-refractivity contribution is 5.90. The van der Waals surface area contributed by atoms with Crippen LogP contribution in [-0.2, 0) is 11.2 Å². The number of nitrogens with zero attached hydrogens (tertiary/aromatic N) is 1. The lowest BCUT2D eigenvalue weighted by Crippen LogP contribution is -2.56. The summed E-state index contributed by atoms with van der Waals surface area (Å²) in [7, 11) is 0. The summed E-state index contributed by atoms with van der Waals surface area (Å²) in [6.07, 6.45) is -3.71. The van der Waals surface area contributed by atoms with Crippen molar-refractivity contribution in [3.05, 3.63) is 82.8 Å². The number of hydrogen-bond acceptors (Lipinski definition) is 5. The van der Waals surface area contributed by atoms with Crippen LogP contribution in [0.15, 0.2) is 54.7 Å². The Morgan fingerprint density at radius 3 is 2.35 bits per heavy atom. The van der Waals surface area contributed by atoms with Gasteiger partial charge in [-0.05, 0) is 65.4 Å². The third kappa shape index (κ3) is 3.79. The molecule has 0 bridgehead atoms. The van der Waals surface area contributed by atoms with Gasteiger partial charge in [-0.25, -0.2) is 4.39 Å². The van der Waals surface area contributed by atoms with E-state index < -0.39 is 37.3 Å². The van der Waals surface area contributed by atoms with E-state index in [9.17, 15) is 24.8 Å². The maximum Gasteiger partial charge on any atom is 0.163 e. The number of benzene rings is 3. The SMILES string of the molecule is Cc1ccc(C)c2c1c(Cc1ccc3cc(F)ccc3c1)cn2[C@@H]1O[C@H](CO)[C@@H](O)[C@H](O)[C@H]1O. The first-order valence-corrected chi connectivity index (χ1v) is 11.4. The smallest absolute Gasteiger partial charge is 0.163 e. The number of ether oxygens (including phenoxy) is 1. The largest absolute Gasteiger partial charge is 0.394 e. The van der Waals surface area contributed by atoms with Crippen LogP contribution in [0.5, 0.6) is 0 Å². The minimum Gasteiger partial charge on any atom is -0.394 e. The van der Waals surface area contributed by atoms with Gasteiger partial charge in [0.15, 0.2) is 6.23 Å². The van der Waals surface area contributed by atoms with Gasteiger partial charge in [-0.15, -0.1) is 0 Å². The highest BCUT2D eigenvalue weighted by Gasteiger charge is 2.44. The number of aryl methyl sites for hydroxylation is 2. The highest BCUT2D eigenvalue weighted by atomic mass is 19.1. The summed E-state index contributed by atoms with van der Waals surface area (Å²) in [5.74, 6) is -0.269. The van der Waals surface area contributed by atoms with Gasteiger partial charge in [0.2, 0.25) is 0 Å². The number of fused-ring (bicyclic) bond motifs is 2. The Labute approximate surface area is 196 Å². The van der Waals surface area contributed by atoms with Gasteiger partial charge in [-0.1, -0.05) is 36.4 Å². The second-order valence-corrected chi connectivity index (χ2v) is 9.21. The number of aliphatic hydroxyl groups is 4. The zero-order chi connectivity index (χ0) is 24.1. The van der Waals surface area contributed by atoms with Crippen molar-refractivity contribution in [1.29, 1.82) is 0 Å². The monoisotopic (exact) mass is 465 g/mol. The second kappa shape index (κ2) is 8.76. The summed E-state index contributed by atoms with van der Waals surface area (Å²) in [5, 5.41) is 43.8. The normalized spacial score (nSPS) is 25.3. The van der Waals surface area contributed by atoms with Crippen molar-refractivity contribution in [3.8, 4) is 0 Å². The first-order valence-electron chi connectivity index (χ1n) is 11.4. The van der Waals surface area contributed by atoms with E-state index in [1.165, 1.54) is 12.1 Å². The van der Waals surface area contributed by atoms with Crippen molar-refractivity contribution < 1.29 is 29.6 Å². The third-order valence-corrected chi connectivity index (χ3v) is 6.86. The standard InChI is InChI=1S/C27H28FNO5/c1-14-3-4-15(2)23-22(14)19(10-16-5-6-18-11-20(28)8-7-17(18)9-16)12-29(23)27-26(33)25(32)24(31)21(13-30)34-27/h3-9,11-12,21,24-27,30-33H,10,13H2,1-2H3/t21-,24-,25+,26-,27-/m1/s1. The van der Waals surface area contributed by atoms with E-state index in [0.717, 1.165) is 43.9 Å². The minimum atomic E-state index is -1.46. The van der Waals surface area contributed by atoms with Gasteiger partial charge >= 0.3 is 0 Å². The Morgan fingerprint density at radius 2 is 1.59 bits per heavy atom. The third-order valence-electron chi connectivity index (χ3n) is 6.86. The molecule has 34 heavy (non-hydrogen) atoms. The van der Waals surface area contributed by atoms with Crippen LogP contribution in [-0.4, -0.2) is 56.0 Å². The fraction of sp³-hybridized carbons (Fsp3) is 0.333. The lowest BCUT2D eigenvalue weighted by molar-refractivity contribution is -0.250. The van der Waals surface area contributed by atoms with Gasteiger partial charge < -0.3 is 29.7 Å². The Balaban J connectivity index is 1.61. The molecule has 178 valence electrons. The Bertz CT molecular complexity index is 1360. The zero-order valence-corrected chi connectivity index (χ0v) is 19.0. The number of aliphatic hydroxyl groups excluding tert-OH is 4. The topological polar surface area (TPSA) is 95.1 Å². The molecule has 5 rings (SSSR count). The molecule has 0 spiro atoms. The van der Waals surface area contributed by atoms with Crippen molar-refractivity contribution in [1.82, 2.24) is 4.57 Å². The molecule has 1 aromatic heterocycles. The predicted octanol–water partition coefficient (Wildman–Crippen LogP) is 3.11. The van der Waals surface area contributed by atoms with Gasteiger partial charge in [-0.2, -0.15) is 0 Å². The first kappa shape index (κ1) is 23.0. The van der Waals surface area contributed by atoms with Crippen molar-refractivity contribution in [2.75, 3.05) is 6.61 Å².